The molecular weight excluding hydrogens is 255 g/mol. The Morgan fingerprint density at radius 3 is 2.47 bits per heavy atom. The van der Waals surface area contributed by atoms with Crippen LogP contribution in [0.1, 0.15) is 12.8 Å². The SMILES string of the molecule is FC(F)(F)CCCN1CCN(c2cccnc2)CC1. The van der Waals surface area contributed by atoms with E-state index >= 15 is 0 Å². The van der Waals surface area contributed by atoms with Crippen molar-refractivity contribution in [2.75, 3.05) is 37.6 Å². The van der Waals surface area contributed by atoms with Gasteiger partial charge in [-0.05, 0) is 25.1 Å². The molecule has 6 heteroatoms. The molecule has 2 rings (SSSR count). The summed E-state index contributed by atoms with van der Waals surface area (Å²) < 4.78 is 36.2. The van der Waals surface area contributed by atoms with Crippen LogP contribution >= 0.6 is 0 Å². The predicted molar refractivity (Wildman–Crippen MR) is 68.2 cm³/mol. The third-order valence-corrected chi connectivity index (χ3v) is 3.32. The van der Waals surface area contributed by atoms with Gasteiger partial charge in [0.05, 0.1) is 11.9 Å². The molecule has 1 aromatic heterocycles. The summed E-state index contributed by atoms with van der Waals surface area (Å²) in [6.45, 7) is 3.84. The molecule has 0 saturated carbocycles. The largest absolute Gasteiger partial charge is 0.389 e. The molecule has 0 bridgehead atoms. The van der Waals surface area contributed by atoms with Crippen molar-refractivity contribution in [3.05, 3.63) is 24.5 Å². The summed E-state index contributed by atoms with van der Waals surface area (Å²) in [6.07, 6.45) is -0.972. The lowest BCUT2D eigenvalue weighted by molar-refractivity contribution is -0.136. The van der Waals surface area contributed by atoms with E-state index < -0.39 is 12.6 Å². The number of hydrogen-bond acceptors (Lipinski definition) is 3. The molecule has 0 amide bonds. The van der Waals surface area contributed by atoms with Crippen molar-refractivity contribution in [2.45, 2.75) is 19.0 Å². The van der Waals surface area contributed by atoms with Crippen LogP contribution in [0.2, 0.25) is 0 Å². The van der Waals surface area contributed by atoms with Crippen molar-refractivity contribution < 1.29 is 13.2 Å². The van der Waals surface area contributed by atoms with E-state index in [0.717, 1.165) is 31.9 Å². The second-order valence-corrected chi connectivity index (χ2v) is 4.76. The first kappa shape index (κ1) is 14.1. The fraction of sp³-hybridized carbons (Fsp3) is 0.615. The van der Waals surface area contributed by atoms with Crippen molar-refractivity contribution in [3.63, 3.8) is 0 Å². The van der Waals surface area contributed by atoms with Gasteiger partial charge >= 0.3 is 6.18 Å². The van der Waals surface area contributed by atoms with Gasteiger partial charge in [-0.2, -0.15) is 13.2 Å². The van der Waals surface area contributed by atoms with Gasteiger partial charge < -0.3 is 4.90 Å². The van der Waals surface area contributed by atoms with Crippen molar-refractivity contribution in [1.29, 1.82) is 0 Å². The molecule has 0 N–H and O–H groups in total. The Bertz CT molecular complexity index is 372. The van der Waals surface area contributed by atoms with Crippen LogP contribution < -0.4 is 4.90 Å². The number of rotatable bonds is 4. The minimum atomic E-state index is -4.03. The van der Waals surface area contributed by atoms with Crippen LogP contribution in [0.4, 0.5) is 18.9 Å². The molecule has 0 aromatic carbocycles. The van der Waals surface area contributed by atoms with Crippen LogP contribution in [0.5, 0.6) is 0 Å². The van der Waals surface area contributed by atoms with Crippen molar-refractivity contribution in [1.82, 2.24) is 9.88 Å². The quantitative estimate of drug-likeness (QED) is 0.840. The highest BCUT2D eigenvalue weighted by Crippen LogP contribution is 2.22. The lowest BCUT2D eigenvalue weighted by Crippen LogP contribution is -2.46. The molecule has 1 aromatic rings. The minimum Gasteiger partial charge on any atom is -0.368 e. The van der Waals surface area contributed by atoms with Crippen molar-refractivity contribution >= 4 is 5.69 Å². The third-order valence-electron chi connectivity index (χ3n) is 3.32. The number of aromatic nitrogens is 1. The smallest absolute Gasteiger partial charge is 0.368 e. The average Bonchev–Trinajstić information content (AvgIpc) is 2.39. The summed E-state index contributed by atoms with van der Waals surface area (Å²) in [5, 5.41) is 0. The first-order valence-electron chi connectivity index (χ1n) is 6.49. The van der Waals surface area contributed by atoms with Gasteiger partial charge in [0.15, 0.2) is 0 Å². The summed E-state index contributed by atoms with van der Waals surface area (Å²) in [5.41, 5.74) is 1.08. The molecule has 1 fully saturated rings. The van der Waals surface area contributed by atoms with Crippen LogP contribution in [-0.4, -0.2) is 48.8 Å². The lowest BCUT2D eigenvalue weighted by Gasteiger charge is -2.35. The number of hydrogen-bond donors (Lipinski definition) is 0. The van der Waals surface area contributed by atoms with Gasteiger partial charge in [-0.1, -0.05) is 0 Å². The number of piperazine rings is 1. The van der Waals surface area contributed by atoms with E-state index in [1.54, 1.807) is 6.20 Å². The zero-order valence-corrected chi connectivity index (χ0v) is 10.7. The molecule has 0 atom stereocenters. The van der Waals surface area contributed by atoms with E-state index in [0.29, 0.717) is 6.54 Å². The zero-order chi connectivity index (χ0) is 13.7. The van der Waals surface area contributed by atoms with Crippen LogP contribution in [0.3, 0.4) is 0 Å². The molecular formula is C13H18F3N3. The molecule has 1 saturated heterocycles. The van der Waals surface area contributed by atoms with E-state index in [1.165, 1.54) is 0 Å². The fourth-order valence-electron chi connectivity index (χ4n) is 2.27. The van der Waals surface area contributed by atoms with Crippen LogP contribution in [0.25, 0.3) is 0 Å². The summed E-state index contributed by atoms with van der Waals surface area (Å²) >= 11 is 0. The van der Waals surface area contributed by atoms with Crippen LogP contribution in [0, 0.1) is 0 Å². The summed E-state index contributed by atoms with van der Waals surface area (Å²) in [5.74, 6) is 0. The first-order valence-corrected chi connectivity index (χ1v) is 6.49. The second-order valence-electron chi connectivity index (χ2n) is 4.76. The number of alkyl halides is 3. The Balaban J connectivity index is 1.71. The standard InChI is InChI=1S/C13H18F3N3/c14-13(15,16)4-2-6-18-7-9-19(10-8-18)12-3-1-5-17-11-12/h1,3,5,11H,2,4,6-10H2. The van der Waals surface area contributed by atoms with Gasteiger partial charge in [0.25, 0.3) is 0 Å². The average molecular weight is 273 g/mol. The van der Waals surface area contributed by atoms with E-state index in [9.17, 15) is 13.2 Å². The molecule has 0 aliphatic carbocycles. The molecule has 3 nitrogen and oxygen atoms in total. The van der Waals surface area contributed by atoms with Crippen LogP contribution in [0.15, 0.2) is 24.5 Å². The monoisotopic (exact) mass is 273 g/mol. The lowest BCUT2D eigenvalue weighted by atomic mass is 10.2. The zero-order valence-electron chi connectivity index (χ0n) is 10.7. The molecule has 1 aliphatic heterocycles. The Labute approximate surface area is 111 Å². The minimum absolute atomic E-state index is 0.191. The van der Waals surface area contributed by atoms with Gasteiger partial charge in [0, 0.05) is 38.8 Å². The normalized spacial score (nSPS) is 17.7. The van der Waals surface area contributed by atoms with E-state index in [4.69, 9.17) is 0 Å². The Hall–Kier alpha value is -1.30. The Kier molecular flexibility index (Phi) is 4.63. The molecule has 0 unspecified atom stereocenters. The van der Waals surface area contributed by atoms with Crippen molar-refractivity contribution in [3.8, 4) is 0 Å². The highest BCUT2D eigenvalue weighted by molar-refractivity contribution is 5.43. The molecule has 0 spiro atoms. The summed E-state index contributed by atoms with van der Waals surface area (Å²) in [6, 6.07) is 3.90. The number of anilines is 1. The first-order chi connectivity index (χ1) is 9.04. The van der Waals surface area contributed by atoms with Gasteiger partial charge in [0.2, 0.25) is 0 Å². The fourth-order valence-corrected chi connectivity index (χ4v) is 2.27. The van der Waals surface area contributed by atoms with Gasteiger partial charge in [-0.15, -0.1) is 0 Å². The van der Waals surface area contributed by atoms with Gasteiger partial charge in [-0.25, -0.2) is 0 Å². The Morgan fingerprint density at radius 1 is 1.16 bits per heavy atom. The summed E-state index contributed by atoms with van der Waals surface area (Å²) in [4.78, 5) is 8.39. The highest BCUT2D eigenvalue weighted by atomic mass is 19.4. The van der Waals surface area contributed by atoms with Gasteiger partial charge in [0.1, 0.15) is 0 Å². The number of nitrogens with zero attached hydrogens (tertiary/aromatic N) is 3. The maximum Gasteiger partial charge on any atom is 0.389 e. The topological polar surface area (TPSA) is 19.4 Å². The van der Waals surface area contributed by atoms with Crippen LogP contribution in [-0.2, 0) is 0 Å². The van der Waals surface area contributed by atoms with Crippen molar-refractivity contribution in [2.24, 2.45) is 0 Å². The predicted octanol–water partition coefficient (Wildman–Crippen LogP) is 2.55. The summed E-state index contributed by atoms with van der Waals surface area (Å²) in [7, 11) is 0. The highest BCUT2D eigenvalue weighted by Gasteiger charge is 2.27. The number of pyridine rings is 1. The maximum atomic E-state index is 12.1. The Morgan fingerprint density at radius 2 is 1.89 bits per heavy atom. The number of halogens is 3. The third kappa shape index (κ3) is 4.70. The molecule has 2 heterocycles. The molecule has 0 radical (unpaired) electrons. The molecule has 19 heavy (non-hydrogen) atoms. The molecule has 1 aliphatic rings. The molecule has 106 valence electrons. The van der Waals surface area contributed by atoms with E-state index in [1.807, 2.05) is 18.3 Å². The maximum absolute atomic E-state index is 12.1. The van der Waals surface area contributed by atoms with E-state index in [2.05, 4.69) is 14.8 Å². The van der Waals surface area contributed by atoms with E-state index in [-0.39, 0.29) is 6.42 Å². The van der Waals surface area contributed by atoms with Gasteiger partial charge in [-0.3, -0.25) is 9.88 Å². The second kappa shape index (κ2) is 6.23.